The van der Waals surface area contributed by atoms with Crippen LogP contribution in [0.2, 0.25) is 0 Å². The number of aliphatic hydroxyl groups excluding tert-OH is 4. The lowest BCUT2D eigenvalue weighted by atomic mass is 10.1. The van der Waals surface area contributed by atoms with E-state index >= 15 is 0 Å². The summed E-state index contributed by atoms with van der Waals surface area (Å²) in [6.45, 7) is 2.12. The summed E-state index contributed by atoms with van der Waals surface area (Å²) >= 11 is 0. The van der Waals surface area contributed by atoms with Crippen molar-refractivity contribution in [2.45, 2.75) is 56.9 Å². The van der Waals surface area contributed by atoms with Gasteiger partial charge in [-0.2, -0.15) is 0 Å². The zero-order chi connectivity index (χ0) is 23.4. The van der Waals surface area contributed by atoms with E-state index in [1.165, 1.54) is 0 Å². The Balaban J connectivity index is 1.65. The number of hydrogen-bond acceptors (Lipinski definition) is 10. The number of nitrogens with zero attached hydrogens (tertiary/aromatic N) is 3. The predicted octanol–water partition coefficient (Wildman–Crippen LogP) is 0.218. The normalized spacial score (nSPS) is 25.2. The molecule has 11 heteroatoms. The first-order chi connectivity index (χ1) is 16.0. The van der Waals surface area contributed by atoms with E-state index in [1.807, 2.05) is 37.3 Å². The topological polar surface area (TPSA) is 154 Å². The van der Waals surface area contributed by atoms with E-state index in [-0.39, 0.29) is 19.2 Å². The standard InChI is InChI=1S/C22H31N5O6/c1-2-8-32-22-23-10-15-19(26-22)27(20-18(31)17(30)16(12-29)33-20)21(25-15)24-14(11-28)9-13-6-4-3-5-7-13/h3-7,14,16-18,20,28-31H,2,8-12H2,1H3,(H,23,26)(H,24,25)/t14-,16-,17-,18-,20-/m1/s1. The molecule has 6 N–H and O–H groups in total. The molecule has 0 aliphatic carbocycles. The third-order valence-electron chi connectivity index (χ3n) is 5.67. The van der Waals surface area contributed by atoms with Gasteiger partial charge in [-0.3, -0.25) is 9.88 Å². The van der Waals surface area contributed by atoms with Crippen LogP contribution in [0.1, 0.15) is 30.8 Å². The van der Waals surface area contributed by atoms with Gasteiger partial charge in [0.15, 0.2) is 6.23 Å². The molecule has 0 radical (unpaired) electrons. The molecule has 180 valence electrons. The van der Waals surface area contributed by atoms with Crippen molar-refractivity contribution < 1.29 is 29.9 Å². The zero-order valence-electron chi connectivity index (χ0n) is 18.5. The number of aliphatic imine (C=N–C) groups is 1. The molecule has 0 saturated carbocycles. The van der Waals surface area contributed by atoms with Crippen LogP contribution in [0.3, 0.4) is 0 Å². The van der Waals surface area contributed by atoms with Gasteiger partial charge >= 0.3 is 0 Å². The first-order valence-corrected chi connectivity index (χ1v) is 11.1. The fourth-order valence-corrected chi connectivity index (χ4v) is 3.98. The first kappa shape index (κ1) is 23.5. The van der Waals surface area contributed by atoms with Gasteiger partial charge in [0.05, 0.1) is 32.4 Å². The summed E-state index contributed by atoms with van der Waals surface area (Å²) in [7, 11) is 0. The number of amidine groups is 1. The van der Waals surface area contributed by atoms with Crippen LogP contribution in [0.15, 0.2) is 35.3 Å². The fourth-order valence-electron chi connectivity index (χ4n) is 3.98. The highest BCUT2D eigenvalue weighted by molar-refractivity contribution is 5.90. The summed E-state index contributed by atoms with van der Waals surface area (Å²) in [5.74, 6) is 0.842. The third kappa shape index (κ3) is 4.97. The molecule has 1 saturated heterocycles. The Bertz CT molecular complexity index is 952. The van der Waals surface area contributed by atoms with Gasteiger partial charge in [-0.1, -0.05) is 37.3 Å². The molecule has 0 bridgehead atoms. The van der Waals surface area contributed by atoms with Crippen molar-refractivity contribution in [3.05, 3.63) is 41.6 Å². The highest BCUT2D eigenvalue weighted by atomic mass is 16.6. The average Bonchev–Trinajstić information content (AvgIpc) is 3.33. The lowest BCUT2D eigenvalue weighted by molar-refractivity contribution is -0.0509. The molecule has 11 nitrogen and oxygen atoms in total. The molecule has 4 rings (SSSR count). The summed E-state index contributed by atoms with van der Waals surface area (Å²) in [4.78, 5) is 8.99. The highest BCUT2D eigenvalue weighted by Crippen LogP contribution is 2.37. The van der Waals surface area contributed by atoms with E-state index < -0.39 is 31.1 Å². The van der Waals surface area contributed by atoms with Crippen LogP contribution in [0.5, 0.6) is 0 Å². The van der Waals surface area contributed by atoms with Crippen LogP contribution in [0, 0.1) is 0 Å². The highest BCUT2D eigenvalue weighted by Gasteiger charge is 2.45. The molecule has 1 aromatic heterocycles. The Hall–Kier alpha value is -2.70. The Morgan fingerprint density at radius 2 is 2.03 bits per heavy atom. The van der Waals surface area contributed by atoms with E-state index in [0.29, 0.717) is 36.5 Å². The van der Waals surface area contributed by atoms with Gasteiger partial charge in [-0.25, -0.2) is 9.98 Å². The zero-order valence-corrected chi connectivity index (χ0v) is 18.5. The minimum Gasteiger partial charge on any atom is -0.465 e. The van der Waals surface area contributed by atoms with Crippen LogP contribution in [0.4, 0.5) is 11.8 Å². The van der Waals surface area contributed by atoms with E-state index in [2.05, 4.69) is 20.6 Å². The van der Waals surface area contributed by atoms with Gasteiger partial charge in [-0.05, 0) is 18.4 Å². The molecular weight excluding hydrogens is 430 g/mol. The smallest absolute Gasteiger partial charge is 0.290 e. The van der Waals surface area contributed by atoms with Gasteiger partial charge in [-0.15, -0.1) is 0 Å². The maximum Gasteiger partial charge on any atom is 0.290 e. The Labute approximate surface area is 191 Å². The summed E-state index contributed by atoms with van der Waals surface area (Å²) in [5.41, 5.74) is 1.63. The van der Waals surface area contributed by atoms with Crippen LogP contribution < -0.4 is 10.6 Å². The Morgan fingerprint density at radius 1 is 1.24 bits per heavy atom. The third-order valence-corrected chi connectivity index (χ3v) is 5.67. The van der Waals surface area contributed by atoms with Crippen molar-refractivity contribution in [1.29, 1.82) is 0 Å². The van der Waals surface area contributed by atoms with Crippen LogP contribution in [-0.4, -0.2) is 80.2 Å². The molecule has 3 heterocycles. The van der Waals surface area contributed by atoms with Crippen molar-refractivity contribution in [1.82, 2.24) is 9.55 Å². The number of imidazole rings is 1. The molecule has 2 aliphatic rings. The van der Waals surface area contributed by atoms with Crippen molar-refractivity contribution >= 4 is 17.8 Å². The molecule has 0 unspecified atom stereocenters. The second kappa shape index (κ2) is 10.5. The number of aromatic nitrogens is 2. The molecule has 2 aliphatic heterocycles. The minimum atomic E-state index is -1.30. The largest absolute Gasteiger partial charge is 0.465 e. The van der Waals surface area contributed by atoms with Gasteiger partial charge in [0.2, 0.25) is 5.95 Å². The Morgan fingerprint density at radius 3 is 2.70 bits per heavy atom. The second-order valence-electron chi connectivity index (χ2n) is 8.14. The molecule has 1 aromatic carbocycles. The van der Waals surface area contributed by atoms with Crippen LogP contribution >= 0.6 is 0 Å². The molecular formula is C22H31N5O6. The van der Waals surface area contributed by atoms with Crippen molar-refractivity contribution in [2.24, 2.45) is 4.99 Å². The predicted molar refractivity (Wildman–Crippen MR) is 121 cm³/mol. The van der Waals surface area contributed by atoms with E-state index in [1.54, 1.807) is 4.57 Å². The number of fused-ring (bicyclic) bond motifs is 1. The van der Waals surface area contributed by atoms with E-state index in [4.69, 9.17) is 9.47 Å². The van der Waals surface area contributed by atoms with Gasteiger partial charge in [0, 0.05) is 0 Å². The van der Waals surface area contributed by atoms with Gasteiger partial charge in [0.1, 0.15) is 29.8 Å². The summed E-state index contributed by atoms with van der Waals surface area (Å²) in [6.07, 6.45) is -3.18. The molecule has 0 amide bonds. The number of ether oxygens (including phenoxy) is 2. The molecule has 2 aromatic rings. The van der Waals surface area contributed by atoms with Crippen molar-refractivity contribution in [3.8, 4) is 0 Å². The molecule has 1 fully saturated rings. The number of aliphatic hydroxyl groups is 4. The lowest BCUT2D eigenvalue weighted by Gasteiger charge is -2.25. The SMILES string of the molecule is CCCOC1=NCc2nc(N[C@@H](CO)Cc3ccccc3)n([C@@H]3O[C@H](CO)[C@@H](O)[C@H]3O)c2N1. The maximum atomic E-state index is 10.7. The number of rotatable bonds is 9. The van der Waals surface area contributed by atoms with E-state index in [0.717, 1.165) is 12.0 Å². The van der Waals surface area contributed by atoms with Crippen LogP contribution in [0.25, 0.3) is 0 Å². The van der Waals surface area contributed by atoms with E-state index in [9.17, 15) is 20.4 Å². The minimum absolute atomic E-state index is 0.156. The molecule has 5 atom stereocenters. The second-order valence-corrected chi connectivity index (χ2v) is 8.14. The van der Waals surface area contributed by atoms with Gasteiger partial charge in [0.25, 0.3) is 6.02 Å². The number of nitrogens with one attached hydrogen (secondary N) is 2. The maximum absolute atomic E-state index is 10.7. The van der Waals surface area contributed by atoms with Crippen LogP contribution in [-0.2, 0) is 22.4 Å². The van der Waals surface area contributed by atoms with Crippen molar-refractivity contribution in [2.75, 3.05) is 30.5 Å². The summed E-state index contributed by atoms with van der Waals surface area (Å²) in [5, 5.41) is 46.9. The summed E-state index contributed by atoms with van der Waals surface area (Å²) in [6, 6.07) is 9.69. The Kier molecular flexibility index (Phi) is 7.46. The quantitative estimate of drug-likeness (QED) is 0.308. The van der Waals surface area contributed by atoms with Crippen molar-refractivity contribution in [3.63, 3.8) is 0 Å². The first-order valence-electron chi connectivity index (χ1n) is 11.1. The monoisotopic (exact) mass is 461 g/mol. The number of benzene rings is 1. The number of anilines is 2. The molecule has 33 heavy (non-hydrogen) atoms. The van der Waals surface area contributed by atoms with Gasteiger partial charge < -0.3 is 35.2 Å². The molecule has 0 spiro atoms. The fraction of sp³-hybridized carbons (Fsp3) is 0.545. The average molecular weight is 462 g/mol. The summed E-state index contributed by atoms with van der Waals surface area (Å²) < 4.78 is 13.0. The lowest BCUT2D eigenvalue weighted by Crippen LogP contribution is -2.34. The number of hydrogen-bond donors (Lipinski definition) is 6.